The van der Waals surface area contributed by atoms with Gasteiger partial charge in [-0.1, -0.05) is 11.2 Å². The van der Waals surface area contributed by atoms with Crippen LogP contribution in [0.1, 0.15) is 55.8 Å². The van der Waals surface area contributed by atoms with Crippen LogP contribution < -0.4 is 5.32 Å². The number of rotatable bonds is 3. The quantitative estimate of drug-likeness (QED) is 0.928. The van der Waals surface area contributed by atoms with Gasteiger partial charge in [0.25, 0.3) is 0 Å². The first kappa shape index (κ1) is 15.1. The van der Waals surface area contributed by atoms with Crippen LogP contribution in [0.4, 0.5) is 14.9 Å². The molecular weight excluding hydrogens is 311 g/mol. The van der Waals surface area contributed by atoms with Crippen molar-refractivity contribution in [1.29, 1.82) is 0 Å². The predicted octanol–water partition coefficient (Wildman–Crippen LogP) is 3.85. The van der Waals surface area contributed by atoms with Crippen LogP contribution in [0.15, 0.2) is 28.8 Å². The number of aromatic nitrogens is 2. The highest BCUT2D eigenvalue weighted by Gasteiger charge is 2.35. The van der Waals surface area contributed by atoms with E-state index in [9.17, 15) is 9.18 Å². The summed E-state index contributed by atoms with van der Waals surface area (Å²) in [6.45, 7) is 0.618. The number of benzene rings is 1. The summed E-state index contributed by atoms with van der Waals surface area (Å²) in [7, 11) is 0. The molecule has 2 fully saturated rings. The standard InChI is InChI=1S/C17H19FN4O2/c18-12-4-3-5-13(10-12)19-17(23)22-9-2-1-6-14(22)16-20-15(21-24-16)11-7-8-11/h3-5,10-11,14H,1-2,6-9H2,(H,19,23)/t14-/m1/s1. The minimum atomic E-state index is -0.381. The van der Waals surface area contributed by atoms with Crippen molar-refractivity contribution >= 4 is 11.7 Å². The molecule has 1 N–H and O–H groups in total. The van der Waals surface area contributed by atoms with Crippen molar-refractivity contribution in [2.45, 2.75) is 44.1 Å². The van der Waals surface area contributed by atoms with E-state index in [2.05, 4.69) is 15.5 Å². The lowest BCUT2D eigenvalue weighted by molar-refractivity contribution is 0.142. The molecule has 1 aliphatic carbocycles. The average Bonchev–Trinajstić information content (AvgIpc) is 3.32. The lowest BCUT2D eigenvalue weighted by Gasteiger charge is -2.33. The van der Waals surface area contributed by atoms with Crippen LogP contribution in [0, 0.1) is 5.82 Å². The van der Waals surface area contributed by atoms with Crippen LogP contribution in [0.25, 0.3) is 0 Å². The second-order valence-electron chi connectivity index (χ2n) is 6.41. The van der Waals surface area contributed by atoms with E-state index in [-0.39, 0.29) is 17.9 Å². The number of carbonyl (C=O) groups is 1. The van der Waals surface area contributed by atoms with Crippen molar-refractivity contribution in [2.75, 3.05) is 11.9 Å². The molecule has 1 saturated heterocycles. The van der Waals surface area contributed by atoms with E-state index in [4.69, 9.17) is 4.52 Å². The number of anilines is 1. The fourth-order valence-electron chi connectivity index (χ4n) is 3.08. The monoisotopic (exact) mass is 330 g/mol. The van der Waals surface area contributed by atoms with Gasteiger partial charge < -0.3 is 14.7 Å². The summed E-state index contributed by atoms with van der Waals surface area (Å²) in [5.74, 6) is 1.29. The normalized spacial score (nSPS) is 20.9. The van der Waals surface area contributed by atoms with Crippen molar-refractivity contribution in [3.8, 4) is 0 Å². The maximum absolute atomic E-state index is 13.3. The topological polar surface area (TPSA) is 71.3 Å². The highest BCUT2D eigenvalue weighted by Crippen LogP contribution is 2.39. The summed E-state index contributed by atoms with van der Waals surface area (Å²) in [6, 6.07) is 5.39. The first-order valence-corrected chi connectivity index (χ1v) is 8.37. The Morgan fingerprint density at radius 2 is 2.17 bits per heavy atom. The van der Waals surface area contributed by atoms with Gasteiger partial charge in [0.1, 0.15) is 11.9 Å². The van der Waals surface area contributed by atoms with E-state index in [0.29, 0.717) is 24.0 Å². The number of amides is 2. The highest BCUT2D eigenvalue weighted by atomic mass is 19.1. The number of urea groups is 1. The molecule has 0 bridgehead atoms. The SMILES string of the molecule is O=C(Nc1cccc(F)c1)N1CCCC[C@@H]1c1nc(C2CC2)no1. The van der Waals surface area contributed by atoms with Crippen LogP contribution in [-0.4, -0.2) is 27.6 Å². The number of piperidine rings is 1. The van der Waals surface area contributed by atoms with E-state index < -0.39 is 0 Å². The maximum atomic E-state index is 13.3. The van der Waals surface area contributed by atoms with E-state index in [1.165, 1.54) is 12.1 Å². The van der Waals surface area contributed by atoms with Gasteiger partial charge in [-0.25, -0.2) is 9.18 Å². The molecule has 1 saturated carbocycles. The number of halogens is 1. The van der Waals surface area contributed by atoms with E-state index in [1.807, 2.05) is 0 Å². The molecule has 0 spiro atoms. The Kier molecular flexibility index (Phi) is 3.92. The Morgan fingerprint density at radius 1 is 1.29 bits per heavy atom. The molecular formula is C17H19FN4O2. The molecule has 1 aromatic carbocycles. The van der Waals surface area contributed by atoms with Crippen molar-refractivity contribution in [2.24, 2.45) is 0 Å². The van der Waals surface area contributed by atoms with Crippen LogP contribution >= 0.6 is 0 Å². The summed E-state index contributed by atoms with van der Waals surface area (Å²) in [5.41, 5.74) is 0.438. The number of likely N-dealkylation sites (tertiary alicyclic amines) is 1. The first-order chi connectivity index (χ1) is 11.7. The molecule has 2 amide bonds. The molecule has 1 aromatic heterocycles. The van der Waals surface area contributed by atoms with Crippen LogP contribution in [0.3, 0.4) is 0 Å². The molecule has 24 heavy (non-hydrogen) atoms. The van der Waals surface area contributed by atoms with Gasteiger partial charge in [-0.05, 0) is 50.3 Å². The fraction of sp³-hybridized carbons (Fsp3) is 0.471. The summed E-state index contributed by atoms with van der Waals surface area (Å²) >= 11 is 0. The van der Waals surface area contributed by atoms with E-state index >= 15 is 0 Å². The predicted molar refractivity (Wildman–Crippen MR) is 85.0 cm³/mol. The lowest BCUT2D eigenvalue weighted by Crippen LogP contribution is -2.41. The van der Waals surface area contributed by atoms with Gasteiger partial charge in [0, 0.05) is 18.2 Å². The molecule has 1 atom stereocenters. The van der Waals surface area contributed by atoms with Gasteiger partial charge >= 0.3 is 6.03 Å². The summed E-state index contributed by atoms with van der Waals surface area (Å²) in [5, 5.41) is 6.80. The second kappa shape index (κ2) is 6.22. The Labute approximate surface area is 139 Å². The number of hydrogen-bond donors (Lipinski definition) is 1. The Balaban J connectivity index is 1.51. The minimum absolute atomic E-state index is 0.215. The molecule has 7 heteroatoms. The molecule has 126 valence electrons. The Morgan fingerprint density at radius 3 is 2.96 bits per heavy atom. The third-order valence-corrected chi connectivity index (χ3v) is 4.52. The van der Waals surface area contributed by atoms with Gasteiger partial charge in [-0.15, -0.1) is 0 Å². The average molecular weight is 330 g/mol. The zero-order chi connectivity index (χ0) is 16.5. The summed E-state index contributed by atoms with van der Waals surface area (Å²) < 4.78 is 18.7. The number of carbonyl (C=O) groups excluding carboxylic acids is 1. The van der Waals surface area contributed by atoms with Crippen LogP contribution in [-0.2, 0) is 0 Å². The van der Waals surface area contributed by atoms with Gasteiger partial charge in [0.2, 0.25) is 5.89 Å². The largest absolute Gasteiger partial charge is 0.337 e. The van der Waals surface area contributed by atoms with Crippen LogP contribution in [0.5, 0.6) is 0 Å². The molecule has 0 unspecified atom stereocenters. The maximum Gasteiger partial charge on any atom is 0.322 e. The molecule has 2 aliphatic rings. The minimum Gasteiger partial charge on any atom is -0.337 e. The van der Waals surface area contributed by atoms with Crippen molar-refractivity contribution in [3.63, 3.8) is 0 Å². The first-order valence-electron chi connectivity index (χ1n) is 8.37. The van der Waals surface area contributed by atoms with Gasteiger partial charge in [-0.3, -0.25) is 0 Å². The number of nitrogens with one attached hydrogen (secondary N) is 1. The van der Waals surface area contributed by atoms with E-state index in [1.54, 1.807) is 17.0 Å². The van der Waals surface area contributed by atoms with Gasteiger partial charge in [0.15, 0.2) is 5.82 Å². The van der Waals surface area contributed by atoms with Gasteiger partial charge in [-0.2, -0.15) is 4.98 Å². The van der Waals surface area contributed by atoms with Crippen molar-refractivity contribution < 1.29 is 13.7 Å². The second-order valence-corrected chi connectivity index (χ2v) is 6.41. The molecule has 0 radical (unpaired) electrons. The third kappa shape index (κ3) is 3.11. The molecule has 1 aliphatic heterocycles. The summed E-state index contributed by atoms with van der Waals surface area (Å²) in [6.07, 6.45) is 4.94. The van der Waals surface area contributed by atoms with Gasteiger partial charge in [0.05, 0.1) is 0 Å². The zero-order valence-electron chi connectivity index (χ0n) is 13.2. The van der Waals surface area contributed by atoms with E-state index in [0.717, 1.165) is 37.9 Å². The van der Waals surface area contributed by atoms with Crippen molar-refractivity contribution in [1.82, 2.24) is 15.0 Å². The number of hydrogen-bond acceptors (Lipinski definition) is 4. The highest BCUT2D eigenvalue weighted by molar-refractivity contribution is 5.89. The zero-order valence-corrected chi connectivity index (χ0v) is 13.2. The van der Waals surface area contributed by atoms with Crippen molar-refractivity contribution in [3.05, 3.63) is 41.8 Å². The van der Waals surface area contributed by atoms with Crippen LogP contribution in [0.2, 0.25) is 0 Å². The third-order valence-electron chi connectivity index (χ3n) is 4.52. The lowest BCUT2D eigenvalue weighted by atomic mass is 10.0. The fourth-order valence-corrected chi connectivity index (χ4v) is 3.08. The Bertz CT molecular complexity index is 744. The molecule has 2 heterocycles. The molecule has 2 aromatic rings. The Hall–Kier alpha value is -2.44. The number of nitrogens with zero attached hydrogens (tertiary/aromatic N) is 3. The smallest absolute Gasteiger partial charge is 0.322 e. The molecule has 6 nitrogen and oxygen atoms in total. The summed E-state index contributed by atoms with van der Waals surface area (Å²) in [4.78, 5) is 18.8. The molecule has 4 rings (SSSR count).